The number of piperazine rings is 1. The topological polar surface area (TPSA) is 47.6 Å². The third-order valence-electron chi connectivity index (χ3n) is 5.69. The fourth-order valence-electron chi connectivity index (χ4n) is 3.94. The molecule has 25 heavy (non-hydrogen) atoms. The molecular weight excluding hydrogens is 312 g/mol. The maximum atomic E-state index is 12.4. The van der Waals surface area contributed by atoms with E-state index in [1.807, 2.05) is 6.07 Å². The zero-order chi connectivity index (χ0) is 17.1. The van der Waals surface area contributed by atoms with Crippen LogP contribution in [-0.2, 0) is 4.79 Å². The summed E-state index contributed by atoms with van der Waals surface area (Å²) in [5.74, 6) is 1.07. The quantitative estimate of drug-likeness (QED) is 0.862. The normalized spacial score (nSPS) is 25.0. The lowest BCUT2D eigenvalue weighted by Crippen LogP contribution is -2.47. The first-order valence-electron chi connectivity index (χ1n) is 9.89. The second-order valence-electron chi connectivity index (χ2n) is 7.77. The lowest BCUT2D eigenvalue weighted by Gasteiger charge is -2.36. The molecule has 3 aliphatic rings. The van der Waals surface area contributed by atoms with Gasteiger partial charge in [-0.2, -0.15) is 0 Å². The van der Waals surface area contributed by atoms with Gasteiger partial charge in [-0.15, -0.1) is 0 Å². The van der Waals surface area contributed by atoms with Gasteiger partial charge in [0.15, 0.2) is 0 Å². The number of amides is 1. The van der Waals surface area contributed by atoms with Crippen LogP contribution in [0.4, 0.5) is 11.4 Å². The van der Waals surface area contributed by atoms with Crippen LogP contribution in [-0.4, -0.2) is 56.1 Å². The molecule has 3 fully saturated rings. The largest absolute Gasteiger partial charge is 0.369 e. The van der Waals surface area contributed by atoms with E-state index in [9.17, 15) is 4.79 Å². The Morgan fingerprint density at radius 2 is 1.96 bits per heavy atom. The van der Waals surface area contributed by atoms with Crippen molar-refractivity contribution in [1.29, 1.82) is 0 Å². The Kier molecular flexibility index (Phi) is 5.22. The minimum absolute atomic E-state index is 0.0385. The smallest absolute Gasteiger partial charge is 0.241 e. The number of anilines is 2. The molecule has 1 aromatic carbocycles. The molecule has 0 radical (unpaired) electrons. The molecule has 2 heterocycles. The predicted molar refractivity (Wildman–Crippen MR) is 102 cm³/mol. The van der Waals surface area contributed by atoms with E-state index in [-0.39, 0.29) is 11.9 Å². The summed E-state index contributed by atoms with van der Waals surface area (Å²) in [5, 5.41) is 6.41. The summed E-state index contributed by atoms with van der Waals surface area (Å²) in [4.78, 5) is 17.5. The average Bonchev–Trinajstić information content (AvgIpc) is 3.47. The summed E-state index contributed by atoms with van der Waals surface area (Å²) in [6.45, 7) is 6.70. The zero-order valence-electron chi connectivity index (χ0n) is 15.0. The van der Waals surface area contributed by atoms with Gasteiger partial charge in [-0.1, -0.05) is 12.5 Å². The van der Waals surface area contributed by atoms with Gasteiger partial charge >= 0.3 is 0 Å². The van der Waals surface area contributed by atoms with Gasteiger partial charge in [0.1, 0.15) is 0 Å². The molecule has 4 rings (SSSR count). The molecule has 136 valence electrons. The average molecular weight is 342 g/mol. The van der Waals surface area contributed by atoms with Crippen molar-refractivity contribution in [3.63, 3.8) is 0 Å². The zero-order valence-corrected chi connectivity index (χ0v) is 15.0. The van der Waals surface area contributed by atoms with Crippen LogP contribution in [0.2, 0.25) is 0 Å². The predicted octanol–water partition coefficient (Wildman–Crippen LogP) is 2.30. The lowest BCUT2D eigenvalue weighted by molar-refractivity contribution is -0.118. The number of benzene rings is 1. The van der Waals surface area contributed by atoms with Crippen molar-refractivity contribution >= 4 is 17.3 Å². The standard InChI is InChI=1S/C20H30N4O/c25-20(19-6-1-2-9-21-19)22-17-4-3-5-18(14-17)24-12-10-23(11-13-24)15-16-7-8-16/h3-5,14,16,19,21H,1-2,6-13,15H2,(H,22,25)/t19-/m1/s1. The van der Waals surface area contributed by atoms with Gasteiger partial charge in [-0.05, 0) is 56.3 Å². The number of rotatable bonds is 5. The van der Waals surface area contributed by atoms with Crippen LogP contribution in [0.1, 0.15) is 32.1 Å². The highest BCUT2D eigenvalue weighted by Crippen LogP contribution is 2.30. The maximum absolute atomic E-state index is 12.4. The van der Waals surface area contributed by atoms with Crippen LogP contribution in [0.15, 0.2) is 24.3 Å². The van der Waals surface area contributed by atoms with Crippen LogP contribution in [0.5, 0.6) is 0 Å². The molecule has 5 nitrogen and oxygen atoms in total. The first kappa shape index (κ1) is 16.9. The van der Waals surface area contributed by atoms with E-state index in [0.29, 0.717) is 0 Å². The van der Waals surface area contributed by atoms with Crippen molar-refractivity contribution in [1.82, 2.24) is 10.2 Å². The Bertz CT molecular complexity index is 587. The highest BCUT2D eigenvalue weighted by atomic mass is 16.2. The number of nitrogens with one attached hydrogen (secondary N) is 2. The van der Waals surface area contributed by atoms with Gasteiger partial charge in [0.2, 0.25) is 5.91 Å². The van der Waals surface area contributed by atoms with Crippen molar-refractivity contribution in [2.24, 2.45) is 5.92 Å². The molecule has 0 bridgehead atoms. The first-order valence-corrected chi connectivity index (χ1v) is 9.89. The van der Waals surface area contributed by atoms with E-state index in [0.717, 1.165) is 57.2 Å². The number of hydrogen-bond acceptors (Lipinski definition) is 4. The molecule has 2 N–H and O–H groups in total. The van der Waals surface area contributed by atoms with E-state index in [4.69, 9.17) is 0 Å². The van der Waals surface area contributed by atoms with Crippen LogP contribution < -0.4 is 15.5 Å². The van der Waals surface area contributed by atoms with E-state index < -0.39 is 0 Å². The lowest BCUT2D eigenvalue weighted by atomic mass is 10.0. The highest BCUT2D eigenvalue weighted by Gasteiger charge is 2.26. The van der Waals surface area contributed by atoms with Crippen LogP contribution in [0, 0.1) is 5.92 Å². The van der Waals surface area contributed by atoms with Crippen molar-refractivity contribution in [2.75, 3.05) is 49.5 Å². The molecule has 0 unspecified atom stereocenters. The number of piperidine rings is 1. The summed E-state index contributed by atoms with van der Waals surface area (Å²) in [7, 11) is 0. The van der Waals surface area contributed by atoms with Crippen molar-refractivity contribution < 1.29 is 4.79 Å². The Morgan fingerprint density at radius 3 is 2.68 bits per heavy atom. The molecular formula is C20H30N4O. The molecule has 5 heteroatoms. The molecule has 1 atom stereocenters. The SMILES string of the molecule is O=C(Nc1cccc(N2CCN(CC3CC3)CC2)c1)[C@H]1CCCCN1. The Hall–Kier alpha value is -1.59. The van der Waals surface area contributed by atoms with Gasteiger partial charge in [0.05, 0.1) is 6.04 Å². The van der Waals surface area contributed by atoms with Gasteiger partial charge in [-0.25, -0.2) is 0 Å². The molecule has 2 saturated heterocycles. The molecule has 1 aliphatic carbocycles. The van der Waals surface area contributed by atoms with Crippen molar-refractivity contribution in [3.8, 4) is 0 Å². The molecule has 1 aromatic rings. The second-order valence-corrected chi connectivity index (χ2v) is 7.77. The first-order chi connectivity index (χ1) is 12.3. The maximum Gasteiger partial charge on any atom is 0.241 e. The third-order valence-corrected chi connectivity index (χ3v) is 5.69. The van der Waals surface area contributed by atoms with E-state index in [1.54, 1.807) is 0 Å². The molecule has 2 aliphatic heterocycles. The van der Waals surface area contributed by atoms with Gasteiger partial charge in [-0.3, -0.25) is 9.69 Å². The Balaban J connectivity index is 1.32. The number of carbonyl (C=O) groups is 1. The monoisotopic (exact) mass is 342 g/mol. The van der Waals surface area contributed by atoms with Crippen molar-refractivity contribution in [3.05, 3.63) is 24.3 Å². The minimum atomic E-state index is -0.0385. The highest BCUT2D eigenvalue weighted by molar-refractivity contribution is 5.95. The van der Waals surface area contributed by atoms with E-state index in [1.165, 1.54) is 31.5 Å². The summed E-state index contributed by atoms with van der Waals surface area (Å²) >= 11 is 0. The number of carbonyl (C=O) groups excluding carboxylic acids is 1. The van der Waals surface area contributed by atoms with Crippen LogP contribution in [0.3, 0.4) is 0 Å². The summed E-state index contributed by atoms with van der Waals surface area (Å²) in [6, 6.07) is 8.29. The Morgan fingerprint density at radius 1 is 1.12 bits per heavy atom. The number of nitrogens with zero attached hydrogens (tertiary/aromatic N) is 2. The Labute approximate surface area is 150 Å². The summed E-state index contributed by atoms with van der Waals surface area (Å²) in [5.41, 5.74) is 2.13. The van der Waals surface area contributed by atoms with E-state index >= 15 is 0 Å². The fourth-order valence-corrected chi connectivity index (χ4v) is 3.94. The second kappa shape index (κ2) is 7.75. The molecule has 0 aromatic heterocycles. The molecule has 1 saturated carbocycles. The third kappa shape index (κ3) is 4.53. The van der Waals surface area contributed by atoms with E-state index in [2.05, 4.69) is 38.6 Å². The van der Waals surface area contributed by atoms with Gasteiger partial charge in [0.25, 0.3) is 0 Å². The minimum Gasteiger partial charge on any atom is -0.369 e. The van der Waals surface area contributed by atoms with Crippen molar-refractivity contribution in [2.45, 2.75) is 38.1 Å². The fraction of sp³-hybridized carbons (Fsp3) is 0.650. The van der Waals surface area contributed by atoms with Gasteiger partial charge < -0.3 is 15.5 Å². The number of hydrogen-bond donors (Lipinski definition) is 2. The van der Waals surface area contributed by atoms with Crippen LogP contribution >= 0.6 is 0 Å². The molecule has 1 amide bonds. The molecule has 0 spiro atoms. The summed E-state index contributed by atoms with van der Waals surface area (Å²) < 4.78 is 0. The van der Waals surface area contributed by atoms with Gasteiger partial charge in [0, 0.05) is 44.1 Å². The van der Waals surface area contributed by atoms with Crippen LogP contribution in [0.25, 0.3) is 0 Å². The summed E-state index contributed by atoms with van der Waals surface area (Å²) in [6.07, 6.45) is 6.10.